The molecule has 0 heterocycles. The maximum atomic E-state index is 12.7. The van der Waals surface area contributed by atoms with E-state index in [4.69, 9.17) is 9.05 Å². The van der Waals surface area contributed by atoms with Crippen LogP contribution in [0.4, 0.5) is 0 Å². The summed E-state index contributed by atoms with van der Waals surface area (Å²) in [6.07, 6.45) is 34.1. The third-order valence-corrected chi connectivity index (χ3v) is 9.77. The third-order valence-electron chi connectivity index (χ3n) is 8.78. The van der Waals surface area contributed by atoms with Gasteiger partial charge in [-0.2, -0.15) is 0 Å². The number of carbonyl (C=O) groups is 1. The first-order chi connectivity index (χ1) is 22.7. The number of amides is 1. The van der Waals surface area contributed by atoms with Crippen molar-refractivity contribution in [2.75, 3.05) is 33.9 Å². The molecule has 3 atom stereocenters. The summed E-state index contributed by atoms with van der Waals surface area (Å²) in [5.74, 6) is -0.180. The van der Waals surface area contributed by atoms with Crippen LogP contribution in [0.1, 0.15) is 181 Å². The third kappa shape index (κ3) is 33.5. The van der Waals surface area contributed by atoms with Gasteiger partial charge in [-0.15, -0.1) is 0 Å². The van der Waals surface area contributed by atoms with Gasteiger partial charge in [0.05, 0.1) is 25.4 Å². The van der Waals surface area contributed by atoms with Crippen LogP contribution in [0.2, 0.25) is 0 Å². The summed E-state index contributed by atoms with van der Waals surface area (Å²) >= 11 is 0. The van der Waals surface area contributed by atoms with E-state index in [0.717, 1.165) is 38.5 Å². The fourth-order valence-corrected chi connectivity index (χ4v) is 6.39. The minimum absolute atomic E-state index is 0.0399. The summed E-state index contributed by atoms with van der Waals surface area (Å²) in [6, 6.07) is -0.837. The Labute approximate surface area is 290 Å². The van der Waals surface area contributed by atoms with Gasteiger partial charge >= 0.3 is 7.82 Å². The number of carbonyl (C=O) groups excluding carboxylic acids is 1. The number of likely N-dealkylation sites (N-methyl/N-ethyl adjacent to an activating group) is 1. The molecule has 0 aliphatic carbocycles. The molecule has 0 saturated heterocycles. The topological polar surface area (TPSA) is 108 Å². The van der Waals surface area contributed by atoms with E-state index in [2.05, 4.69) is 19.2 Å². The maximum absolute atomic E-state index is 12.7. The number of rotatable bonds is 36. The lowest BCUT2D eigenvalue weighted by Gasteiger charge is -2.23. The number of allylic oxidation sites excluding steroid dienone is 1. The summed E-state index contributed by atoms with van der Waals surface area (Å²) in [5, 5.41) is 13.7. The second-order valence-corrected chi connectivity index (χ2v) is 15.3. The van der Waals surface area contributed by atoms with Crippen LogP contribution in [0.25, 0.3) is 0 Å². The van der Waals surface area contributed by atoms with E-state index in [1.807, 2.05) is 25.1 Å². The lowest BCUT2D eigenvalue weighted by molar-refractivity contribution is -0.123. The van der Waals surface area contributed by atoms with E-state index in [1.54, 1.807) is 6.08 Å². The number of unbranched alkanes of at least 4 members (excludes halogenated alkanes) is 23. The van der Waals surface area contributed by atoms with E-state index in [-0.39, 0.29) is 19.1 Å². The van der Waals surface area contributed by atoms with Gasteiger partial charge in [0.1, 0.15) is 0 Å². The monoisotopic (exact) mass is 689 g/mol. The number of phosphoric acid groups is 1. The van der Waals surface area contributed by atoms with E-state index in [0.29, 0.717) is 13.0 Å². The number of nitrogens with zero attached hydrogens (tertiary/aromatic N) is 1. The minimum atomic E-state index is -4.31. The Morgan fingerprint density at radius 2 is 1.13 bits per heavy atom. The van der Waals surface area contributed by atoms with E-state index in [1.165, 1.54) is 122 Å². The Morgan fingerprint density at radius 1 is 0.702 bits per heavy atom. The van der Waals surface area contributed by atoms with E-state index in [9.17, 15) is 19.4 Å². The standard InChI is InChI=1S/C38H77N2O6P/c1-5-7-9-11-13-15-17-19-21-23-25-27-29-31-37(41)36(35-46-47(43,44)45-34-33-40(3)4)39-38(42)32-30-28-26-24-22-20-18-16-14-12-10-8-6-2/h29,31,36-37,41H,5-28,30,32-35H2,1-4H3,(H,39,42)(H,43,44)/b31-29+/t36-,37+/m0/s1. The normalized spacial score (nSPS) is 14.5. The molecule has 0 rings (SSSR count). The Kier molecular flexibility index (Phi) is 33.2. The van der Waals surface area contributed by atoms with E-state index >= 15 is 0 Å². The smallest absolute Gasteiger partial charge is 0.387 e. The lowest BCUT2D eigenvalue weighted by atomic mass is 10.0. The van der Waals surface area contributed by atoms with Crippen LogP contribution in [0.3, 0.4) is 0 Å². The molecule has 1 unspecified atom stereocenters. The molecule has 0 aliphatic rings. The average molecular weight is 689 g/mol. The summed E-state index contributed by atoms with van der Waals surface area (Å²) < 4.78 is 22.6. The fourth-order valence-electron chi connectivity index (χ4n) is 5.65. The molecular formula is C38H77N2O6P. The van der Waals surface area contributed by atoms with Crippen molar-refractivity contribution in [1.29, 1.82) is 0 Å². The van der Waals surface area contributed by atoms with Crippen molar-refractivity contribution < 1.29 is 28.4 Å². The van der Waals surface area contributed by atoms with Crippen LogP contribution in [-0.4, -0.2) is 66.8 Å². The van der Waals surface area contributed by atoms with Gasteiger partial charge in [-0.1, -0.05) is 167 Å². The molecule has 8 nitrogen and oxygen atoms in total. The molecule has 0 bridgehead atoms. The molecule has 0 aromatic rings. The van der Waals surface area contributed by atoms with Gasteiger partial charge < -0.3 is 20.2 Å². The maximum Gasteiger partial charge on any atom is 0.472 e. The highest BCUT2D eigenvalue weighted by Gasteiger charge is 2.27. The molecule has 0 aromatic heterocycles. The van der Waals surface area contributed by atoms with E-state index < -0.39 is 20.0 Å². The molecule has 0 aromatic carbocycles. The number of hydrogen-bond donors (Lipinski definition) is 3. The van der Waals surface area contributed by atoms with Crippen LogP contribution in [0, 0.1) is 0 Å². The second kappa shape index (κ2) is 33.7. The van der Waals surface area contributed by atoms with Crippen molar-refractivity contribution in [2.45, 2.75) is 193 Å². The summed E-state index contributed by atoms with van der Waals surface area (Å²) in [4.78, 5) is 24.7. The van der Waals surface area contributed by atoms with Gasteiger partial charge in [0, 0.05) is 13.0 Å². The first-order valence-corrected chi connectivity index (χ1v) is 21.1. The molecule has 3 N–H and O–H groups in total. The first-order valence-electron chi connectivity index (χ1n) is 19.6. The molecule has 1 amide bonds. The fraction of sp³-hybridized carbons (Fsp3) is 0.921. The molecule has 0 radical (unpaired) electrons. The highest BCUT2D eigenvalue weighted by molar-refractivity contribution is 7.47. The number of hydrogen-bond acceptors (Lipinski definition) is 6. The number of aliphatic hydroxyl groups excluding tert-OH is 1. The number of nitrogens with one attached hydrogen (secondary N) is 1. The highest BCUT2D eigenvalue weighted by atomic mass is 31.2. The van der Waals surface area contributed by atoms with Gasteiger partial charge in [-0.3, -0.25) is 13.8 Å². The average Bonchev–Trinajstić information content (AvgIpc) is 3.03. The van der Waals surface area contributed by atoms with Crippen molar-refractivity contribution >= 4 is 13.7 Å². The Morgan fingerprint density at radius 3 is 1.57 bits per heavy atom. The first kappa shape index (κ1) is 46.2. The van der Waals surface area contributed by atoms with Crippen molar-refractivity contribution in [3.05, 3.63) is 12.2 Å². The van der Waals surface area contributed by atoms with Crippen molar-refractivity contribution in [2.24, 2.45) is 0 Å². The predicted octanol–water partition coefficient (Wildman–Crippen LogP) is 10.3. The molecule has 0 fully saturated rings. The quantitative estimate of drug-likeness (QED) is 0.0341. The summed E-state index contributed by atoms with van der Waals surface area (Å²) in [7, 11) is -0.627. The number of aliphatic hydroxyl groups is 1. The zero-order chi connectivity index (χ0) is 34.9. The largest absolute Gasteiger partial charge is 0.472 e. The Hall–Kier alpha value is -0.760. The van der Waals surface area contributed by atoms with Gasteiger partial charge in [0.15, 0.2) is 0 Å². The zero-order valence-corrected chi connectivity index (χ0v) is 32.1. The Balaban J connectivity index is 4.43. The second-order valence-electron chi connectivity index (χ2n) is 13.8. The van der Waals surface area contributed by atoms with Gasteiger partial charge in [0.25, 0.3) is 0 Å². The summed E-state index contributed by atoms with van der Waals surface area (Å²) in [5.41, 5.74) is 0. The summed E-state index contributed by atoms with van der Waals surface area (Å²) in [6.45, 7) is 4.70. The molecule has 47 heavy (non-hydrogen) atoms. The lowest BCUT2D eigenvalue weighted by Crippen LogP contribution is -2.45. The van der Waals surface area contributed by atoms with Gasteiger partial charge in [0.2, 0.25) is 5.91 Å². The van der Waals surface area contributed by atoms with Crippen LogP contribution in [-0.2, 0) is 18.4 Å². The minimum Gasteiger partial charge on any atom is -0.387 e. The highest BCUT2D eigenvalue weighted by Crippen LogP contribution is 2.43. The van der Waals surface area contributed by atoms with Crippen LogP contribution in [0.5, 0.6) is 0 Å². The van der Waals surface area contributed by atoms with Crippen LogP contribution in [0.15, 0.2) is 12.2 Å². The Bertz CT molecular complexity index is 766. The molecule has 0 spiro atoms. The number of phosphoric ester groups is 1. The molecule has 280 valence electrons. The van der Waals surface area contributed by atoms with Crippen molar-refractivity contribution in [3.8, 4) is 0 Å². The molecule has 0 saturated carbocycles. The van der Waals surface area contributed by atoms with Crippen LogP contribution < -0.4 is 5.32 Å². The van der Waals surface area contributed by atoms with Crippen LogP contribution >= 0.6 is 7.82 Å². The van der Waals surface area contributed by atoms with Gasteiger partial charge in [-0.05, 0) is 33.4 Å². The zero-order valence-electron chi connectivity index (χ0n) is 31.2. The SMILES string of the molecule is CCCCCCCCCCCCC/C=C/[C@@H](O)[C@H](COP(=O)(O)OCCN(C)C)NC(=O)CCCCCCCCCCCCCCC. The van der Waals surface area contributed by atoms with Gasteiger partial charge in [-0.25, -0.2) is 4.57 Å². The molecule has 9 heteroatoms. The molecule has 0 aliphatic heterocycles. The molecular weight excluding hydrogens is 611 g/mol. The van der Waals surface area contributed by atoms with Crippen molar-refractivity contribution in [3.63, 3.8) is 0 Å². The van der Waals surface area contributed by atoms with Crippen molar-refractivity contribution in [1.82, 2.24) is 10.2 Å². The predicted molar refractivity (Wildman–Crippen MR) is 199 cm³/mol.